The average molecular weight is 563 g/mol. The molecule has 0 spiro atoms. The van der Waals surface area contributed by atoms with E-state index in [-0.39, 0.29) is 33.7 Å². The number of fused-ring (bicyclic) bond motifs is 1. The smallest absolute Gasteiger partial charge is 0.309 e. The van der Waals surface area contributed by atoms with Crippen LogP contribution in [0.4, 0.5) is 16.0 Å². The topological polar surface area (TPSA) is 135 Å². The van der Waals surface area contributed by atoms with Gasteiger partial charge in [-0.1, -0.05) is 11.6 Å². The molecule has 9 nitrogen and oxygen atoms in total. The molecule has 1 aromatic carbocycles. The predicted octanol–water partition coefficient (Wildman–Crippen LogP) is 6.04. The lowest BCUT2D eigenvalue weighted by molar-refractivity contribution is -0.150. The van der Waals surface area contributed by atoms with Gasteiger partial charge in [0.05, 0.1) is 11.6 Å². The van der Waals surface area contributed by atoms with Crippen LogP contribution in [0.3, 0.4) is 0 Å². The van der Waals surface area contributed by atoms with Crippen molar-refractivity contribution in [1.82, 2.24) is 19.4 Å². The minimum absolute atomic E-state index is 0.0972. The second kappa shape index (κ2) is 9.85. The predicted molar refractivity (Wildman–Crippen MR) is 149 cm³/mol. The number of rotatable bonds is 6. The third-order valence-corrected chi connectivity index (χ3v) is 8.47. The minimum Gasteiger partial charge on any atom is -0.481 e. The summed E-state index contributed by atoms with van der Waals surface area (Å²) in [6.45, 7) is 1.75. The zero-order valence-electron chi connectivity index (χ0n) is 21.8. The largest absolute Gasteiger partial charge is 0.481 e. The number of carboxylic acid groups (broad SMARTS) is 1. The third kappa shape index (κ3) is 4.66. The number of aliphatic carboxylic acids is 1. The highest BCUT2D eigenvalue weighted by Crippen LogP contribution is 2.45. The molecule has 4 aromatic rings. The molecule has 1 amide bonds. The maximum absolute atomic E-state index is 15.6. The molecule has 11 heteroatoms. The van der Waals surface area contributed by atoms with Gasteiger partial charge in [-0.05, 0) is 87.3 Å². The number of imidazole rings is 1. The van der Waals surface area contributed by atoms with Crippen LogP contribution in [0, 0.1) is 11.2 Å². The lowest BCUT2D eigenvalue weighted by Crippen LogP contribution is -2.32. The Bertz CT molecular complexity index is 1660. The van der Waals surface area contributed by atoms with E-state index in [2.05, 4.69) is 15.3 Å². The zero-order chi connectivity index (χ0) is 28.2. The first-order valence-electron chi connectivity index (χ1n) is 13.3. The third-order valence-electron chi connectivity index (χ3n) is 8.20. The Hall–Kier alpha value is -4.05. The molecule has 0 aliphatic heterocycles. The van der Waals surface area contributed by atoms with Crippen molar-refractivity contribution in [2.24, 2.45) is 5.41 Å². The molecule has 40 heavy (non-hydrogen) atoms. The summed E-state index contributed by atoms with van der Waals surface area (Å²) in [6.07, 6.45) is 7.45. The van der Waals surface area contributed by atoms with E-state index in [1.807, 2.05) is 12.1 Å². The van der Waals surface area contributed by atoms with Gasteiger partial charge < -0.3 is 16.2 Å². The van der Waals surface area contributed by atoms with E-state index in [9.17, 15) is 14.7 Å². The summed E-state index contributed by atoms with van der Waals surface area (Å²) in [6, 6.07) is 7.97. The van der Waals surface area contributed by atoms with Crippen molar-refractivity contribution >= 4 is 40.6 Å². The molecule has 2 aliphatic carbocycles. The van der Waals surface area contributed by atoms with Crippen molar-refractivity contribution in [3.63, 3.8) is 0 Å². The molecular formula is C29H28ClFN6O3. The summed E-state index contributed by atoms with van der Waals surface area (Å²) < 4.78 is 17.3. The van der Waals surface area contributed by atoms with Gasteiger partial charge in [-0.2, -0.15) is 0 Å². The van der Waals surface area contributed by atoms with Crippen molar-refractivity contribution < 1.29 is 19.1 Å². The van der Waals surface area contributed by atoms with E-state index < -0.39 is 23.1 Å². The first kappa shape index (κ1) is 26.2. The molecule has 4 N–H and O–H groups in total. The lowest BCUT2D eigenvalue weighted by atomic mass is 9.71. The van der Waals surface area contributed by atoms with Crippen LogP contribution in [0.25, 0.3) is 16.8 Å². The number of halogens is 2. The fraction of sp³-hybridized carbons (Fsp3) is 0.345. The van der Waals surface area contributed by atoms with E-state index in [0.717, 1.165) is 24.5 Å². The number of aromatic nitrogens is 4. The molecular weight excluding hydrogens is 535 g/mol. The fourth-order valence-corrected chi connectivity index (χ4v) is 5.76. The molecule has 206 valence electrons. The Kier molecular flexibility index (Phi) is 6.45. The molecule has 2 saturated carbocycles. The number of anilines is 2. The maximum atomic E-state index is 15.6. The highest BCUT2D eigenvalue weighted by atomic mass is 35.5. The van der Waals surface area contributed by atoms with Crippen molar-refractivity contribution in [2.45, 2.75) is 57.3 Å². The number of carboxylic acids is 1. The Morgan fingerprint density at radius 2 is 1.88 bits per heavy atom. The molecule has 0 bridgehead atoms. The fourth-order valence-electron chi connectivity index (χ4n) is 5.54. The highest BCUT2D eigenvalue weighted by molar-refractivity contribution is 6.30. The Balaban J connectivity index is 1.33. The van der Waals surface area contributed by atoms with E-state index in [1.54, 1.807) is 17.5 Å². The summed E-state index contributed by atoms with van der Waals surface area (Å²) in [4.78, 5) is 37.8. The second-order valence-electron chi connectivity index (χ2n) is 11.0. The number of amides is 1. The van der Waals surface area contributed by atoms with Gasteiger partial charge in [0, 0.05) is 23.2 Å². The number of carbonyl (C=O) groups excluding carboxylic acids is 1. The SMILES string of the molecule is CC1(C(=O)O)CCC(c2nc(-c3ccc(C(=O)Nc4cc(C5CC5)ccn4)cc3F)c3c(N)ncc(Cl)n23)CC1. The first-order valence-corrected chi connectivity index (χ1v) is 13.7. The molecule has 0 atom stereocenters. The monoisotopic (exact) mass is 562 g/mol. The number of benzene rings is 1. The van der Waals surface area contributed by atoms with Gasteiger partial charge in [0.25, 0.3) is 5.91 Å². The van der Waals surface area contributed by atoms with Crippen LogP contribution < -0.4 is 11.1 Å². The van der Waals surface area contributed by atoms with Crippen LogP contribution in [-0.2, 0) is 4.79 Å². The van der Waals surface area contributed by atoms with Crippen molar-refractivity contribution in [1.29, 1.82) is 0 Å². The van der Waals surface area contributed by atoms with Gasteiger partial charge in [-0.3, -0.25) is 14.0 Å². The van der Waals surface area contributed by atoms with Gasteiger partial charge in [0.1, 0.15) is 39.6 Å². The molecule has 2 fully saturated rings. The van der Waals surface area contributed by atoms with Crippen molar-refractivity contribution in [3.05, 3.63) is 70.6 Å². The minimum atomic E-state index is -0.816. The van der Waals surface area contributed by atoms with Gasteiger partial charge in [-0.25, -0.2) is 19.3 Å². The van der Waals surface area contributed by atoms with E-state index in [0.29, 0.717) is 48.8 Å². The number of pyridine rings is 1. The Labute approximate surface area is 234 Å². The number of nitrogens with zero attached hydrogens (tertiary/aromatic N) is 4. The van der Waals surface area contributed by atoms with Gasteiger partial charge in [0.2, 0.25) is 0 Å². The normalized spacial score (nSPS) is 20.9. The summed E-state index contributed by atoms with van der Waals surface area (Å²) in [7, 11) is 0. The van der Waals surface area contributed by atoms with E-state index in [1.165, 1.54) is 18.3 Å². The second-order valence-corrected chi connectivity index (χ2v) is 11.4. The van der Waals surface area contributed by atoms with Gasteiger partial charge >= 0.3 is 5.97 Å². The summed E-state index contributed by atoms with van der Waals surface area (Å²) in [5.41, 5.74) is 7.48. The first-order chi connectivity index (χ1) is 19.1. The van der Waals surface area contributed by atoms with Crippen molar-refractivity contribution in [3.8, 4) is 11.3 Å². The number of hydrogen-bond donors (Lipinski definition) is 3. The molecule has 0 saturated heterocycles. The van der Waals surface area contributed by atoms with Crippen LogP contribution in [0.15, 0.2) is 42.7 Å². The Morgan fingerprint density at radius 3 is 2.55 bits per heavy atom. The average Bonchev–Trinajstić information content (AvgIpc) is 3.71. The summed E-state index contributed by atoms with van der Waals surface area (Å²) in [5.74, 6) is -0.399. The Morgan fingerprint density at radius 1 is 1.12 bits per heavy atom. The molecule has 3 heterocycles. The van der Waals surface area contributed by atoms with Gasteiger partial charge in [-0.15, -0.1) is 0 Å². The van der Waals surface area contributed by atoms with Crippen LogP contribution >= 0.6 is 11.6 Å². The number of nitrogen functional groups attached to an aromatic ring is 1. The molecule has 0 radical (unpaired) electrons. The van der Waals surface area contributed by atoms with Crippen LogP contribution in [0.5, 0.6) is 0 Å². The number of hydrogen-bond acceptors (Lipinski definition) is 6. The van der Waals surface area contributed by atoms with Crippen LogP contribution in [-0.4, -0.2) is 36.3 Å². The zero-order valence-corrected chi connectivity index (χ0v) is 22.6. The molecule has 3 aromatic heterocycles. The number of nitrogens with one attached hydrogen (secondary N) is 1. The summed E-state index contributed by atoms with van der Waals surface area (Å²) >= 11 is 6.54. The lowest BCUT2D eigenvalue weighted by Gasteiger charge is -2.33. The molecule has 0 unspecified atom stereocenters. The standard InChI is InChI=1S/C29H28ClFN6O3/c1-29(28(39)40)9-6-16(7-10-29)26-36-23(24-25(32)34-14-21(30)37(24)26)19-5-4-18(12-20(19)31)27(38)35-22-13-17(8-11-33-22)15-2-3-15/h4-5,8,11-16H,2-3,6-7,9-10H2,1H3,(H2,32,34)(H,39,40)(H,33,35,38). The van der Waals surface area contributed by atoms with Crippen molar-refractivity contribution in [2.75, 3.05) is 11.1 Å². The molecule has 2 aliphatic rings. The van der Waals surface area contributed by atoms with Crippen LogP contribution in [0.2, 0.25) is 5.15 Å². The highest BCUT2D eigenvalue weighted by Gasteiger charge is 2.39. The quantitative estimate of drug-likeness (QED) is 0.260. The number of nitrogens with two attached hydrogens (primary N) is 1. The van der Waals surface area contributed by atoms with Gasteiger partial charge in [0.15, 0.2) is 0 Å². The van der Waals surface area contributed by atoms with E-state index in [4.69, 9.17) is 22.3 Å². The summed E-state index contributed by atoms with van der Waals surface area (Å²) in [5, 5.41) is 12.6. The number of carbonyl (C=O) groups is 2. The van der Waals surface area contributed by atoms with Crippen LogP contribution in [0.1, 0.15) is 79.0 Å². The molecule has 6 rings (SSSR count). The van der Waals surface area contributed by atoms with E-state index >= 15 is 4.39 Å². The maximum Gasteiger partial charge on any atom is 0.309 e.